The maximum Gasteiger partial charge on any atom is 0.151 e. The SMILES string of the molecule is CC(C)(N)CS(=O)C1CCS(=O)(=O)C1. The van der Waals surface area contributed by atoms with Crippen LogP contribution in [0.25, 0.3) is 0 Å². The number of rotatable bonds is 3. The quantitative estimate of drug-likeness (QED) is 0.731. The Bertz CT molecular complexity index is 329. The van der Waals surface area contributed by atoms with Crippen LogP contribution in [0.2, 0.25) is 0 Å². The Morgan fingerprint density at radius 2 is 2.07 bits per heavy atom. The lowest BCUT2D eigenvalue weighted by atomic mass is 10.1. The molecule has 2 N–H and O–H groups in total. The standard InChI is InChI=1S/C8H17NO3S2/c1-8(2,9)6-13(10)7-3-4-14(11,12)5-7/h7H,3-6,9H2,1-2H3. The molecule has 0 saturated carbocycles. The van der Waals surface area contributed by atoms with Crippen LogP contribution in [-0.2, 0) is 20.6 Å². The molecule has 1 heterocycles. The van der Waals surface area contributed by atoms with E-state index in [1.54, 1.807) is 13.8 Å². The molecule has 2 unspecified atom stereocenters. The first-order valence-corrected chi connectivity index (χ1v) is 7.76. The third-order valence-electron chi connectivity index (χ3n) is 2.08. The maximum absolute atomic E-state index is 11.7. The van der Waals surface area contributed by atoms with Crippen molar-refractivity contribution in [1.29, 1.82) is 0 Å². The molecule has 1 saturated heterocycles. The summed E-state index contributed by atoms with van der Waals surface area (Å²) in [7, 11) is -4.05. The van der Waals surface area contributed by atoms with Gasteiger partial charge in [0.1, 0.15) is 0 Å². The molecule has 6 heteroatoms. The molecule has 2 atom stereocenters. The van der Waals surface area contributed by atoms with Crippen LogP contribution in [0.3, 0.4) is 0 Å². The monoisotopic (exact) mass is 239 g/mol. The Morgan fingerprint density at radius 1 is 1.50 bits per heavy atom. The van der Waals surface area contributed by atoms with Gasteiger partial charge >= 0.3 is 0 Å². The van der Waals surface area contributed by atoms with Gasteiger partial charge in [-0.05, 0) is 20.3 Å². The Kier molecular flexibility index (Phi) is 3.38. The average Bonchev–Trinajstić information content (AvgIpc) is 2.26. The van der Waals surface area contributed by atoms with Gasteiger partial charge in [0.2, 0.25) is 0 Å². The summed E-state index contributed by atoms with van der Waals surface area (Å²) in [5.74, 6) is 0.608. The molecule has 0 aromatic carbocycles. The molecule has 0 aromatic rings. The van der Waals surface area contributed by atoms with Crippen LogP contribution in [0.15, 0.2) is 0 Å². The molecular weight excluding hydrogens is 222 g/mol. The summed E-state index contributed by atoms with van der Waals surface area (Å²) in [5.41, 5.74) is 5.24. The third-order valence-corrected chi connectivity index (χ3v) is 6.23. The molecule has 0 bridgehead atoms. The molecule has 0 aromatic heterocycles. The van der Waals surface area contributed by atoms with Gasteiger partial charge in [0.25, 0.3) is 0 Å². The van der Waals surface area contributed by atoms with Gasteiger partial charge in [0.15, 0.2) is 9.84 Å². The Hall–Kier alpha value is 0.0600. The van der Waals surface area contributed by atoms with Gasteiger partial charge in [-0.2, -0.15) is 0 Å². The minimum Gasteiger partial charge on any atom is -0.325 e. The van der Waals surface area contributed by atoms with Gasteiger partial charge in [0.05, 0.1) is 11.5 Å². The van der Waals surface area contributed by atoms with Crippen molar-refractivity contribution in [2.45, 2.75) is 31.1 Å². The minimum absolute atomic E-state index is 0.0652. The fraction of sp³-hybridized carbons (Fsp3) is 1.00. The molecule has 4 nitrogen and oxygen atoms in total. The Morgan fingerprint density at radius 3 is 2.43 bits per heavy atom. The second kappa shape index (κ2) is 3.90. The van der Waals surface area contributed by atoms with Crippen molar-refractivity contribution in [2.24, 2.45) is 5.73 Å². The Balaban J connectivity index is 2.57. The van der Waals surface area contributed by atoms with Crippen molar-refractivity contribution in [2.75, 3.05) is 17.3 Å². The van der Waals surface area contributed by atoms with E-state index in [0.717, 1.165) is 0 Å². The largest absolute Gasteiger partial charge is 0.325 e. The fourth-order valence-electron chi connectivity index (χ4n) is 1.45. The molecular formula is C8H17NO3S2. The van der Waals surface area contributed by atoms with Gasteiger partial charge in [-0.3, -0.25) is 4.21 Å². The van der Waals surface area contributed by atoms with Crippen molar-refractivity contribution in [3.05, 3.63) is 0 Å². The van der Waals surface area contributed by atoms with E-state index in [0.29, 0.717) is 12.2 Å². The van der Waals surface area contributed by atoms with Crippen LogP contribution in [-0.4, -0.2) is 40.7 Å². The normalized spacial score (nSPS) is 28.9. The summed E-state index contributed by atoms with van der Waals surface area (Å²) in [4.78, 5) is 0. The molecule has 0 amide bonds. The van der Waals surface area contributed by atoms with E-state index in [1.807, 2.05) is 0 Å². The van der Waals surface area contributed by atoms with Gasteiger partial charge in [-0.25, -0.2) is 8.42 Å². The van der Waals surface area contributed by atoms with Crippen LogP contribution in [0.4, 0.5) is 0 Å². The second-order valence-electron chi connectivity index (χ2n) is 4.54. The lowest BCUT2D eigenvalue weighted by Crippen LogP contribution is -2.40. The lowest BCUT2D eigenvalue weighted by Gasteiger charge is -2.19. The minimum atomic E-state index is -2.93. The molecule has 1 aliphatic rings. The maximum atomic E-state index is 11.7. The zero-order valence-corrected chi connectivity index (χ0v) is 10.2. The zero-order chi connectivity index (χ0) is 11.0. The number of hydrogen-bond acceptors (Lipinski definition) is 4. The molecule has 1 fully saturated rings. The van der Waals surface area contributed by atoms with E-state index in [9.17, 15) is 12.6 Å². The molecule has 0 radical (unpaired) electrons. The number of hydrogen-bond donors (Lipinski definition) is 1. The van der Waals surface area contributed by atoms with Crippen LogP contribution in [0.1, 0.15) is 20.3 Å². The molecule has 0 aliphatic carbocycles. The average molecular weight is 239 g/mol. The second-order valence-corrected chi connectivity index (χ2v) is 8.48. The van der Waals surface area contributed by atoms with Crippen LogP contribution in [0, 0.1) is 0 Å². The Labute approximate surface area is 87.6 Å². The summed E-state index contributed by atoms with van der Waals surface area (Å²) >= 11 is 0. The van der Waals surface area contributed by atoms with E-state index < -0.39 is 26.2 Å². The van der Waals surface area contributed by atoms with Gasteiger partial charge in [0, 0.05) is 27.3 Å². The highest BCUT2D eigenvalue weighted by molar-refractivity contribution is 7.94. The molecule has 1 aliphatic heterocycles. The predicted octanol–water partition coefficient (Wildman–Crippen LogP) is -0.340. The topological polar surface area (TPSA) is 77.2 Å². The molecule has 14 heavy (non-hydrogen) atoms. The van der Waals surface area contributed by atoms with Crippen molar-refractivity contribution in [1.82, 2.24) is 0 Å². The van der Waals surface area contributed by atoms with E-state index in [-0.39, 0.29) is 16.8 Å². The van der Waals surface area contributed by atoms with E-state index in [4.69, 9.17) is 5.73 Å². The number of nitrogens with two attached hydrogens (primary N) is 1. The predicted molar refractivity (Wildman–Crippen MR) is 58.3 cm³/mol. The van der Waals surface area contributed by atoms with E-state index in [2.05, 4.69) is 0 Å². The molecule has 0 spiro atoms. The highest BCUT2D eigenvalue weighted by atomic mass is 32.2. The summed E-state index contributed by atoms with van der Waals surface area (Å²) in [6.45, 7) is 3.60. The first-order valence-electron chi connectivity index (χ1n) is 4.56. The van der Waals surface area contributed by atoms with Gasteiger partial charge in [-0.15, -0.1) is 0 Å². The van der Waals surface area contributed by atoms with Crippen molar-refractivity contribution in [3.8, 4) is 0 Å². The summed E-state index contributed by atoms with van der Waals surface area (Å²) < 4.78 is 34.0. The first kappa shape index (κ1) is 12.1. The van der Waals surface area contributed by atoms with Crippen LogP contribution < -0.4 is 5.73 Å². The first-order chi connectivity index (χ1) is 6.20. The van der Waals surface area contributed by atoms with Crippen molar-refractivity contribution in [3.63, 3.8) is 0 Å². The zero-order valence-electron chi connectivity index (χ0n) is 8.52. The van der Waals surface area contributed by atoms with Gasteiger partial charge < -0.3 is 5.73 Å². The highest BCUT2D eigenvalue weighted by Crippen LogP contribution is 2.18. The summed E-state index contributed by atoms with van der Waals surface area (Å²) in [6, 6.07) is 0. The summed E-state index contributed by atoms with van der Waals surface area (Å²) in [6.07, 6.45) is 0.519. The van der Waals surface area contributed by atoms with Gasteiger partial charge in [-0.1, -0.05) is 0 Å². The van der Waals surface area contributed by atoms with E-state index in [1.165, 1.54) is 0 Å². The number of sulfone groups is 1. The highest BCUT2D eigenvalue weighted by Gasteiger charge is 2.33. The fourth-order valence-corrected chi connectivity index (χ4v) is 5.72. The van der Waals surface area contributed by atoms with Crippen LogP contribution in [0.5, 0.6) is 0 Å². The van der Waals surface area contributed by atoms with Crippen molar-refractivity contribution < 1.29 is 12.6 Å². The third kappa shape index (κ3) is 3.67. The smallest absolute Gasteiger partial charge is 0.151 e. The van der Waals surface area contributed by atoms with Crippen molar-refractivity contribution >= 4 is 20.6 Å². The van der Waals surface area contributed by atoms with Crippen LogP contribution >= 0.6 is 0 Å². The molecule has 1 rings (SSSR count). The van der Waals surface area contributed by atoms with E-state index >= 15 is 0 Å². The molecule has 84 valence electrons. The summed E-state index contributed by atoms with van der Waals surface area (Å²) in [5, 5.41) is -0.206. The lowest BCUT2D eigenvalue weighted by molar-refractivity contribution is 0.574.